The Morgan fingerprint density at radius 3 is 2.46 bits per heavy atom. The van der Waals surface area contributed by atoms with Crippen molar-refractivity contribution in [3.63, 3.8) is 0 Å². The predicted octanol–water partition coefficient (Wildman–Crippen LogP) is 1.76. The van der Waals surface area contributed by atoms with Gasteiger partial charge in [-0.05, 0) is 50.5 Å². The molecular formula is C21H31N3O4. The molecule has 2 amide bonds. The molecule has 1 aliphatic rings. The van der Waals surface area contributed by atoms with Crippen LogP contribution in [0.5, 0.6) is 0 Å². The lowest BCUT2D eigenvalue weighted by Crippen LogP contribution is -2.55. The highest BCUT2D eigenvalue weighted by molar-refractivity contribution is 5.95. The van der Waals surface area contributed by atoms with E-state index in [1.165, 1.54) is 0 Å². The third-order valence-corrected chi connectivity index (χ3v) is 5.36. The normalized spacial score (nSPS) is 22.6. The molecule has 1 aromatic rings. The van der Waals surface area contributed by atoms with E-state index in [0.29, 0.717) is 24.9 Å². The molecule has 7 heteroatoms. The highest BCUT2D eigenvalue weighted by Gasteiger charge is 2.46. The number of nitrogens with one attached hydrogen (secondary N) is 2. The van der Waals surface area contributed by atoms with Gasteiger partial charge in [0, 0.05) is 38.3 Å². The van der Waals surface area contributed by atoms with Gasteiger partial charge in [0.25, 0.3) is 5.91 Å². The van der Waals surface area contributed by atoms with Crippen LogP contribution in [0.3, 0.4) is 0 Å². The van der Waals surface area contributed by atoms with Crippen LogP contribution in [-0.2, 0) is 14.3 Å². The summed E-state index contributed by atoms with van der Waals surface area (Å²) in [5, 5.41) is 5.71. The van der Waals surface area contributed by atoms with E-state index in [1.54, 1.807) is 26.0 Å². The maximum Gasteiger partial charge on any atom is 0.251 e. The van der Waals surface area contributed by atoms with Gasteiger partial charge in [0.1, 0.15) is 12.1 Å². The van der Waals surface area contributed by atoms with E-state index in [2.05, 4.69) is 10.6 Å². The molecule has 7 nitrogen and oxygen atoms in total. The first kappa shape index (κ1) is 21.9. The number of hydrogen-bond acceptors (Lipinski definition) is 5. The van der Waals surface area contributed by atoms with Crippen LogP contribution in [-0.4, -0.2) is 56.5 Å². The van der Waals surface area contributed by atoms with Crippen molar-refractivity contribution in [2.24, 2.45) is 5.92 Å². The second-order valence-corrected chi connectivity index (χ2v) is 7.92. The largest absolute Gasteiger partial charge is 0.378 e. The standard InChI is InChI=1S/C21H31N3O4/c1-14(12-19(26)23-21(3)15(2)28-13-18(21)25)10-11-22-20(27)16-6-8-17(9-7-16)24(4)5/h6-9,14-15H,10-13H2,1-5H3,(H,22,27)(H,23,26). The Balaban J connectivity index is 1.74. The Hall–Kier alpha value is -2.41. The van der Waals surface area contributed by atoms with E-state index in [9.17, 15) is 14.4 Å². The van der Waals surface area contributed by atoms with Crippen molar-refractivity contribution in [3.05, 3.63) is 29.8 Å². The van der Waals surface area contributed by atoms with Crippen LogP contribution in [0.15, 0.2) is 24.3 Å². The van der Waals surface area contributed by atoms with Crippen LogP contribution in [0.1, 0.15) is 44.0 Å². The molecule has 2 rings (SSSR count). The molecule has 0 aromatic heterocycles. The fourth-order valence-corrected chi connectivity index (χ4v) is 3.12. The number of benzene rings is 1. The van der Waals surface area contributed by atoms with E-state index in [4.69, 9.17) is 4.74 Å². The topological polar surface area (TPSA) is 87.7 Å². The third-order valence-electron chi connectivity index (χ3n) is 5.36. The summed E-state index contributed by atoms with van der Waals surface area (Å²) in [5.74, 6) is -0.329. The summed E-state index contributed by atoms with van der Waals surface area (Å²) in [6, 6.07) is 7.39. The van der Waals surface area contributed by atoms with Crippen molar-refractivity contribution in [2.45, 2.75) is 45.3 Å². The van der Waals surface area contributed by atoms with E-state index in [-0.39, 0.29) is 36.2 Å². The highest BCUT2D eigenvalue weighted by Crippen LogP contribution is 2.22. The monoisotopic (exact) mass is 389 g/mol. The summed E-state index contributed by atoms with van der Waals surface area (Å²) in [5.41, 5.74) is 0.687. The molecular weight excluding hydrogens is 358 g/mol. The molecule has 154 valence electrons. The number of amides is 2. The van der Waals surface area contributed by atoms with Crippen molar-refractivity contribution in [3.8, 4) is 0 Å². The Morgan fingerprint density at radius 1 is 1.29 bits per heavy atom. The zero-order valence-corrected chi connectivity index (χ0v) is 17.4. The Labute approximate surface area is 166 Å². The minimum Gasteiger partial charge on any atom is -0.378 e. The summed E-state index contributed by atoms with van der Waals surface area (Å²) < 4.78 is 5.33. The molecule has 1 saturated heterocycles. The quantitative estimate of drug-likeness (QED) is 0.707. The summed E-state index contributed by atoms with van der Waals surface area (Å²) in [7, 11) is 3.90. The first-order chi connectivity index (χ1) is 13.1. The van der Waals surface area contributed by atoms with Gasteiger partial charge in [-0.1, -0.05) is 6.92 Å². The van der Waals surface area contributed by atoms with Crippen molar-refractivity contribution in [2.75, 3.05) is 32.1 Å². The number of hydrogen-bond donors (Lipinski definition) is 2. The number of ether oxygens (including phenoxy) is 1. The second-order valence-electron chi connectivity index (χ2n) is 7.92. The number of nitrogens with zero attached hydrogens (tertiary/aromatic N) is 1. The predicted molar refractivity (Wildman–Crippen MR) is 108 cm³/mol. The molecule has 0 saturated carbocycles. The molecule has 1 aromatic carbocycles. The van der Waals surface area contributed by atoms with Crippen LogP contribution in [0.2, 0.25) is 0 Å². The SMILES string of the molecule is CC(CCNC(=O)c1ccc(N(C)C)cc1)CC(=O)NC1(C)C(=O)COC1C. The second kappa shape index (κ2) is 9.19. The van der Waals surface area contributed by atoms with Gasteiger partial charge in [0.15, 0.2) is 5.78 Å². The summed E-state index contributed by atoms with van der Waals surface area (Å²) in [6.45, 7) is 5.97. The van der Waals surface area contributed by atoms with Crippen molar-refractivity contribution in [1.82, 2.24) is 10.6 Å². The average Bonchev–Trinajstić information content (AvgIpc) is 2.88. The minimum absolute atomic E-state index is 0.0368. The van der Waals surface area contributed by atoms with Gasteiger partial charge in [0.05, 0.1) is 6.10 Å². The van der Waals surface area contributed by atoms with Crippen LogP contribution >= 0.6 is 0 Å². The zero-order chi connectivity index (χ0) is 20.9. The van der Waals surface area contributed by atoms with Crippen LogP contribution < -0.4 is 15.5 Å². The van der Waals surface area contributed by atoms with Crippen molar-refractivity contribution >= 4 is 23.3 Å². The number of rotatable bonds is 8. The van der Waals surface area contributed by atoms with E-state index in [1.807, 2.05) is 38.1 Å². The summed E-state index contributed by atoms with van der Waals surface area (Å²) in [6.07, 6.45) is 0.631. The maximum atomic E-state index is 12.3. The molecule has 3 unspecified atom stereocenters. The van der Waals surface area contributed by atoms with Gasteiger partial charge in [0.2, 0.25) is 5.91 Å². The number of anilines is 1. The smallest absolute Gasteiger partial charge is 0.251 e. The molecule has 0 radical (unpaired) electrons. The summed E-state index contributed by atoms with van der Waals surface area (Å²) in [4.78, 5) is 38.5. The first-order valence-electron chi connectivity index (χ1n) is 9.65. The van der Waals surface area contributed by atoms with Crippen LogP contribution in [0.4, 0.5) is 5.69 Å². The van der Waals surface area contributed by atoms with Crippen molar-refractivity contribution in [1.29, 1.82) is 0 Å². The Bertz CT molecular complexity index is 717. The fraction of sp³-hybridized carbons (Fsp3) is 0.571. The number of carbonyl (C=O) groups is 3. The lowest BCUT2D eigenvalue weighted by Gasteiger charge is -2.27. The number of carbonyl (C=O) groups excluding carboxylic acids is 3. The van der Waals surface area contributed by atoms with E-state index < -0.39 is 5.54 Å². The fourth-order valence-electron chi connectivity index (χ4n) is 3.12. The number of Topliss-reactive ketones (excluding diaryl/α,β-unsaturated/α-hetero) is 1. The first-order valence-corrected chi connectivity index (χ1v) is 9.65. The van der Waals surface area contributed by atoms with Crippen LogP contribution in [0, 0.1) is 5.92 Å². The number of ketones is 1. The van der Waals surface area contributed by atoms with Gasteiger partial charge >= 0.3 is 0 Å². The lowest BCUT2D eigenvalue weighted by molar-refractivity contribution is -0.130. The van der Waals surface area contributed by atoms with Crippen molar-refractivity contribution < 1.29 is 19.1 Å². The maximum absolute atomic E-state index is 12.3. The van der Waals surface area contributed by atoms with Gasteiger partial charge in [-0.2, -0.15) is 0 Å². The molecule has 0 spiro atoms. The van der Waals surface area contributed by atoms with E-state index in [0.717, 1.165) is 5.69 Å². The molecule has 1 aliphatic heterocycles. The van der Waals surface area contributed by atoms with E-state index >= 15 is 0 Å². The van der Waals surface area contributed by atoms with Gasteiger partial charge in [-0.25, -0.2) is 0 Å². The van der Waals surface area contributed by atoms with Gasteiger partial charge in [-0.3, -0.25) is 14.4 Å². The third kappa shape index (κ3) is 5.32. The molecule has 28 heavy (non-hydrogen) atoms. The molecule has 3 atom stereocenters. The molecule has 1 heterocycles. The van der Waals surface area contributed by atoms with Crippen LogP contribution in [0.25, 0.3) is 0 Å². The molecule has 0 bridgehead atoms. The highest BCUT2D eigenvalue weighted by atomic mass is 16.5. The zero-order valence-electron chi connectivity index (χ0n) is 17.4. The summed E-state index contributed by atoms with van der Waals surface area (Å²) >= 11 is 0. The molecule has 0 aliphatic carbocycles. The molecule has 2 N–H and O–H groups in total. The lowest BCUT2D eigenvalue weighted by atomic mass is 9.92. The molecule has 1 fully saturated rings. The minimum atomic E-state index is -0.955. The van der Waals surface area contributed by atoms with Gasteiger partial charge in [-0.15, -0.1) is 0 Å². The Morgan fingerprint density at radius 2 is 1.93 bits per heavy atom. The average molecular weight is 389 g/mol. The van der Waals surface area contributed by atoms with Gasteiger partial charge < -0.3 is 20.3 Å². The Kier molecular flexibility index (Phi) is 7.18.